The smallest absolute Gasteiger partial charge is 0.341 e. The normalized spacial score (nSPS) is 11.7. The molecule has 0 aromatic heterocycles. The van der Waals surface area contributed by atoms with Crippen LogP contribution in [0.4, 0.5) is 20.2 Å². The second-order valence-electron chi connectivity index (χ2n) is 4.87. The van der Waals surface area contributed by atoms with E-state index in [1.54, 1.807) is 0 Å². The zero-order valence-corrected chi connectivity index (χ0v) is 13.2. The summed E-state index contributed by atoms with van der Waals surface area (Å²) in [5.41, 5.74) is 5.15. The van der Waals surface area contributed by atoms with Crippen molar-refractivity contribution in [1.82, 2.24) is 0 Å². The summed E-state index contributed by atoms with van der Waals surface area (Å²) in [5.74, 6) is -3.63. The molecule has 2 aromatic rings. The molecule has 126 valence electrons. The molecular formula is C16H13ClF2N2O3. The summed E-state index contributed by atoms with van der Waals surface area (Å²) < 4.78 is 32.0. The van der Waals surface area contributed by atoms with Gasteiger partial charge in [0.15, 0.2) is 6.10 Å². The van der Waals surface area contributed by atoms with Crippen molar-refractivity contribution < 1.29 is 23.1 Å². The summed E-state index contributed by atoms with van der Waals surface area (Å²) in [6.07, 6.45) is -1.30. The van der Waals surface area contributed by atoms with Gasteiger partial charge in [0.2, 0.25) is 0 Å². The van der Waals surface area contributed by atoms with Crippen LogP contribution in [0, 0.1) is 11.6 Å². The van der Waals surface area contributed by atoms with Crippen molar-refractivity contribution >= 4 is 34.9 Å². The number of carbonyl (C=O) groups is 2. The molecule has 0 spiro atoms. The predicted octanol–water partition coefficient (Wildman–Crippen LogP) is 3.38. The molecule has 5 nitrogen and oxygen atoms in total. The summed E-state index contributed by atoms with van der Waals surface area (Å²) in [4.78, 5) is 24.0. The third kappa shape index (κ3) is 3.99. The van der Waals surface area contributed by atoms with E-state index in [-0.39, 0.29) is 11.3 Å². The van der Waals surface area contributed by atoms with Crippen LogP contribution in [-0.2, 0) is 9.53 Å². The van der Waals surface area contributed by atoms with Crippen molar-refractivity contribution in [1.29, 1.82) is 0 Å². The molecule has 2 aromatic carbocycles. The Morgan fingerprint density at radius 1 is 1.21 bits per heavy atom. The third-order valence-electron chi connectivity index (χ3n) is 3.10. The number of carbonyl (C=O) groups excluding carboxylic acids is 2. The standard InChI is InChI=1S/C16H13ClF2N2O3/c1-8(15(22)21-14-11(18)3-2-4-12(14)19)24-16(23)10-6-5-9(17)7-13(10)20/h2-8H,20H2,1H3,(H,21,22)/t8-/m1/s1. The van der Waals surface area contributed by atoms with Gasteiger partial charge in [-0.1, -0.05) is 17.7 Å². The van der Waals surface area contributed by atoms with E-state index in [0.717, 1.165) is 18.2 Å². The number of amides is 1. The van der Waals surface area contributed by atoms with Gasteiger partial charge >= 0.3 is 5.97 Å². The first-order valence-electron chi connectivity index (χ1n) is 6.80. The van der Waals surface area contributed by atoms with Crippen LogP contribution in [0.2, 0.25) is 5.02 Å². The molecule has 1 amide bonds. The van der Waals surface area contributed by atoms with Gasteiger partial charge in [-0.2, -0.15) is 0 Å². The molecule has 0 heterocycles. The minimum Gasteiger partial charge on any atom is -0.449 e. The highest BCUT2D eigenvalue weighted by molar-refractivity contribution is 6.31. The van der Waals surface area contributed by atoms with Gasteiger partial charge in [-0.3, -0.25) is 4.79 Å². The van der Waals surface area contributed by atoms with E-state index in [1.807, 2.05) is 5.32 Å². The van der Waals surface area contributed by atoms with Crippen LogP contribution < -0.4 is 11.1 Å². The fraction of sp³-hybridized carbons (Fsp3) is 0.125. The molecule has 8 heteroatoms. The Morgan fingerprint density at radius 3 is 2.42 bits per heavy atom. The number of rotatable bonds is 4. The van der Waals surface area contributed by atoms with Crippen LogP contribution in [0.25, 0.3) is 0 Å². The van der Waals surface area contributed by atoms with Crippen LogP contribution in [0.5, 0.6) is 0 Å². The van der Waals surface area contributed by atoms with Gasteiger partial charge in [0.05, 0.1) is 5.56 Å². The first-order chi connectivity index (χ1) is 11.3. The second-order valence-corrected chi connectivity index (χ2v) is 5.30. The lowest BCUT2D eigenvalue weighted by Crippen LogP contribution is -2.30. The number of hydrogen-bond acceptors (Lipinski definition) is 4. The molecule has 0 aliphatic heterocycles. The van der Waals surface area contributed by atoms with E-state index in [0.29, 0.717) is 5.02 Å². The molecule has 0 bridgehead atoms. The monoisotopic (exact) mass is 354 g/mol. The van der Waals surface area contributed by atoms with E-state index >= 15 is 0 Å². The number of esters is 1. The Hall–Kier alpha value is -2.67. The molecule has 0 saturated heterocycles. The number of hydrogen-bond donors (Lipinski definition) is 2. The quantitative estimate of drug-likeness (QED) is 0.651. The van der Waals surface area contributed by atoms with Gasteiger partial charge in [-0.25, -0.2) is 13.6 Å². The average Bonchev–Trinajstić information content (AvgIpc) is 2.50. The van der Waals surface area contributed by atoms with E-state index in [9.17, 15) is 18.4 Å². The van der Waals surface area contributed by atoms with Crippen molar-refractivity contribution in [2.75, 3.05) is 11.1 Å². The SMILES string of the molecule is C[C@@H](OC(=O)c1ccc(Cl)cc1N)C(=O)Nc1c(F)cccc1F. The van der Waals surface area contributed by atoms with Gasteiger partial charge in [0.25, 0.3) is 5.91 Å². The number of ether oxygens (including phenoxy) is 1. The maximum Gasteiger partial charge on any atom is 0.341 e. The van der Waals surface area contributed by atoms with Crippen LogP contribution in [0.3, 0.4) is 0 Å². The molecule has 0 aliphatic carbocycles. The number of anilines is 2. The van der Waals surface area contributed by atoms with E-state index in [4.69, 9.17) is 22.1 Å². The average molecular weight is 355 g/mol. The lowest BCUT2D eigenvalue weighted by atomic mass is 10.2. The molecule has 24 heavy (non-hydrogen) atoms. The zero-order chi connectivity index (χ0) is 17.9. The molecule has 1 atom stereocenters. The predicted molar refractivity (Wildman–Crippen MR) is 85.7 cm³/mol. The third-order valence-corrected chi connectivity index (χ3v) is 3.33. The number of nitrogens with two attached hydrogens (primary N) is 1. The van der Waals surface area contributed by atoms with E-state index in [1.165, 1.54) is 25.1 Å². The zero-order valence-electron chi connectivity index (χ0n) is 12.5. The highest BCUT2D eigenvalue weighted by Gasteiger charge is 2.22. The summed E-state index contributed by atoms with van der Waals surface area (Å²) in [6.45, 7) is 1.26. The maximum absolute atomic E-state index is 13.5. The Balaban J connectivity index is 2.07. The maximum atomic E-state index is 13.5. The lowest BCUT2D eigenvalue weighted by Gasteiger charge is -2.15. The number of nitrogen functional groups attached to an aromatic ring is 1. The Labute approximate surface area is 141 Å². The lowest BCUT2D eigenvalue weighted by molar-refractivity contribution is -0.123. The largest absolute Gasteiger partial charge is 0.449 e. The summed E-state index contributed by atoms with van der Waals surface area (Å²) in [5, 5.41) is 2.38. The summed E-state index contributed by atoms with van der Waals surface area (Å²) >= 11 is 5.73. The van der Waals surface area contributed by atoms with Crippen LogP contribution in [0.15, 0.2) is 36.4 Å². The Morgan fingerprint density at radius 2 is 1.83 bits per heavy atom. The highest BCUT2D eigenvalue weighted by Crippen LogP contribution is 2.21. The number of benzene rings is 2. The van der Waals surface area contributed by atoms with Crippen molar-refractivity contribution in [3.8, 4) is 0 Å². The van der Waals surface area contributed by atoms with Crippen molar-refractivity contribution in [2.24, 2.45) is 0 Å². The van der Waals surface area contributed by atoms with Crippen molar-refractivity contribution in [2.45, 2.75) is 13.0 Å². The van der Waals surface area contributed by atoms with E-state index in [2.05, 4.69) is 0 Å². The fourth-order valence-corrected chi connectivity index (χ4v) is 2.02. The molecule has 0 aliphatic rings. The van der Waals surface area contributed by atoms with Crippen molar-refractivity contribution in [3.05, 3.63) is 58.6 Å². The summed E-state index contributed by atoms with van der Waals surface area (Å²) in [6, 6.07) is 7.29. The molecule has 3 N–H and O–H groups in total. The van der Waals surface area contributed by atoms with Crippen LogP contribution in [0.1, 0.15) is 17.3 Å². The first-order valence-corrected chi connectivity index (χ1v) is 7.18. The Kier molecular flexibility index (Phi) is 5.35. The summed E-state index contributed by atoms with van der Waals surface area (Å²) in [7, 11) is 0. The minimum absolute atomic E-state index is 0.0242. The van der Waals surface area contributed by atoms with Gasteiger partial charge < -0.3 is 15.8 Å². The number of halogens is 3. The van der Waals surface area contributed by atoms with Crippen LogP contribution >= 0.6 is 11.6 Å². The molecule has 0 saturated carbocycles. The molecule has 0 unspecified atom stereocenters. The van der Waals surface area contributed by atoms with Gasteiger partial charge in [0.1, 0.15) is 17.3 Å². The molecule has 0 fully saturated rings. The van der Waals surface area contributed by atoms with Gasteiger partial charge in [-0.15, -0.1) is 0 Å². The second kappa shape index (κ2) is 7.27. The Bertz CT molecular complexity index is 779. The van der Waals surface area contributed by atoms with Crippen LogP contribution in [-0.4, -0.2) is 18.0 Å². The fourth-order valence-electron chi connectivity index (χ4n) is 1.84. The molecule has 2 rings (SSSR count). The topological polar surface area (TPSA) is 81.4 Å². The number of para-hydroxylation sites is 1. The number of nitrogens with one attached hydrogen (secondary N) is 1. The molecular weight excluding hydrogens is 342 g/mol. The van der Waals surface area contributed by atoms with Gasteiger partial charge in [0, 0.05) is 10.7 Å². The minimum atomic E-state index is -1.30. The first kappa shape index (κ1) is 17.7. The van der Waals surface area contributed by atoms with Crippen molar-refractivity contribution in [3.63, 3.8) is 0 Å². The van der Waals surface area contributed by atoms with Gasteiger partial charge in [-0.05, 0) is 37.3 Å². The molecule has 0 radical (unpaired) electrons. The highest BCUT2D eigenvalue weighted by atomic mass is 35.5. The van der Waals surface area contributed by atoms with E-state index < -0.39 is 35.3 Å².